The van der Waals surface area contributed by atoms with Gasteiger partial charge < -0.3 is 14.7 Å². The van der Waals surface area contributed by atoms with E-state index in [0.29, 0.717) is 5.56 Å². The molecule has 2 amide bonds. The average molecular weight is 396 g/mol. The molecule has 2 rings (SSSR count). The van der Waals surface area contributed by atoms with Crippen LogP contribution in [0.5, 0.6) is 0 Å². The van der Waals surface area contributed by atoms with Gasteiger partial charge in [0.1, 0.15) is 0 Å². The molecule has 0 aliphatic heterocycles. The largest absolute Gasteiger partial charge is 0.471 e. The number of nitrogens with one attached hydrogen (secondary N) is 1. The minimum Gasteiger partial charge on any atom is -0.329 e. The molecule has 0 aliphatic rings. The summed E-state index contributed by atoms with van der Waals surface area (Å²) in [5.41, 5.74) is 0.773. The third-order valence-corrected chi connectivity index (χ3v) is 3.41. The van der Waals surface area contributed by atoms with Crippen molar-refractivity contribution >= 4 is 6.03 Å². The van der Waals surface area contributed by atoms with Gasteiger partial charge in [0.25, 0.3) is 6.43 Å². The maximum atomic E-state index is 12.9. The lowest BCUT2D eigenvalue weighted by Crippen LogP contribution is -2.45. The van der Waals surface area contributed by atoms with Gasteiger partial charge in [0.05, 0.1) is 0 Å². The number of carbonyl (C=O) groups excluding carboxylic acids is 1. The number of amides is 2. The molecule has 6 nitrogen and oxygen atoms in total. The Hall–Kier alpha value is -2.79. The fourth-order valence-corrected chi connectivity index (χ4v) is 2.03. The van der Waals surface area contributed by atoms with E-state index in [9.17, 15) is 31.1 Å². The van der Waals surface area contributed by atoms with Gasteiger partial charge in [0.15, 0.2) is 0 Å². The van der Waals surface area contributed by atoms with Gasteiger partial charge in [-0.25, -0.2) is 18.0 Å². The number of alkyl halides is 6. The highest BCUT2D eigenvalue weighted by atomic mass is 19.4. The maximum absolute atomic E-state index is 12.9. The summed E-state index contributed by atoms with van der Waals surface area (Å²) in [5.74, 6) is -1.74. The molecule has 1 aromatic heterocycles. The summed E-state index contributed by atoms with van der Waals surface area (Å²) in [6.45, 7) is 1.66. The molecule has 0 bridgehead atoms. The Morgan fingerprint density at radius 3 is 2.33 bits per heavy atom. The van der Waals surface area contributed by atoms with E-state index >= 15 is 0 Å². The normalized spacial score (nSPS) is 12.9. The Bertz CT molecular complexity index is 762. The number of aromatic nitrogens is 2. The van der Waals surface area contributed by atoms with Gasteiger partial charge in [-0.2, -0.15) is 18.2 Å². The van der Waals surface area contributed by atoms with Gasteiger partial charge >= 0.3 is 18.1 Å². The molecule has 2 aromatic rings. The van der Waals surface area contributed by atoms with Gasteiger partial charge in [0.2, 0.25) is 12.1 Å². The zero-order valence-corrected chi connectivity index (χ0v) is 13.8. The van der Waals surface area contributed by atoms with Crippen molar-refractivity contribution in [1.82, 2.24) is 20.4 Å². The summed E-state index contributed by atoms with van der Waals surface area (Å²) in [4.78, 5) is 16.1. The first-order valence-corrected chi connectivity index (χ1v) is 7.59. The topological polar surface area (TPSA) is 71.3 Å². The Balaban J connectivity index is 2.05. The minimum absolute atomic E-state index is 0.0292. The highest BCUT2D eigenvalue weighted by molar-refractivity contribution is 5.74. The molecule has 0 saturated heterocycles. The number of hydrogen-bond acceptors (Lipinski definition) is 4. The molecular formula is C15H14F6N4O2. The third kappa shape index (κ3) is 5.34. The summed E-state index contributed by atoms with van der Waals surface area (Å²) in [6, 6.07) is 4.76. The summed E-state index contributed by atoms with van der Waals surface area (Å²) in [6.07, 6.45) is -10.9. The van der Waals surface area contributed by atoms with E-state index in [1.165, 1.54) is 29.6 Å². The van der Waals surface area contributed by atoms with Crippen LogP contribution >= 0.6 is 0 Å². The molecule has 12 heteroatoms. The zero-order chi connectivity index (χ0) is 20.2. The van der Waals surface area contributed by atoms with Crippen LogP contribution in [0.2, 0.25) is 0 Å². The fraction of sp³-hybridized carbons (Fsp3) is 0.400. The number of halogens is 6. The van der Waals surface area contributed by atoms with Crippen molar-refractivity contribution in [3.8, 4) is 11.4 Å². The molecule has 148 valence electrons. The summed E-state index contributed by atoms with van der Waals surface area (Å²) in [5, 5.41) is 4.78. The van der Waals surface area contributed by atoms with Crippen LogP contribution in [0.3, 0.4) is 0 Å². The first-order valence-electron chi connectivity index (χ1n) is 7.59. The number of benzene rings is 1. The lowest BCUT2D eigenvalue weighted by atomic mass is 10.1. The van der Waals surface area contributed by atoms with Gasteiger partial charge in [-0.05, 0) is 12.5 Å². The molecule has 1 atom stereocenters. The van der Waals surface area contributed by atoms with Crippen LogP contribution in [-0.4, -0.2) is 40.3 Å². The molecule has 27 heavy (non-hydrogen) atoms. The second-order valence-corrected chi connectivity index (χ2v) is 5.32. The SMILES string of the molecule is CCN(Cc1ccc(-c2noc(C(F)(F)F)n2)cc1)C(=O)NC(F)C(F)F. The Morgan fingerprint density at radius 2 is 1.85 bits per heavy atom. The van der Waals surface area contributed by atoms with Crippen molar-refractivity contribution in [3.05, 3.63) is 35.7 Å². The smallest absolute Gasteiger partial charge is 0.329 e. The van der Waals surface area contributed by atoms with Gasteiger partial charge in [0, 0.05) is 18.7 Å². The molecular weight excluding hydrogens is 382 g/mol. The first kappa shape index (κ1) is 20.5. The summed E-state index contributed by atoms with van der Waals surface area (Å²) < 4.78 is 78.8. The molecule has 1 N–H and O–H groups in total. The third-order valence-electron chi connectivity index (χ3n) is 3.41. The van der Waals surface area contributed by atoms with Crippen LogP contribution in [0, 0.1) is 0 Å². The van der Waals surface area contributed by atoms with Crippen LogP contribution in [0.25, 0.3) is 11.4 Å². The fourth-order valence-electron chi connectivity index (χ4n) is 2.03. The van der Waals surface area contributed by atoms with Crippen molar-refractivity contribution < 1.29 is 35.7 Å². The van der Waals surface area contributed by atoms with Crippen molar-refractivity contribution in [2.45, 2.75) is 32.4 Å². The predicted molar refractivity (Wildman–Crippen MR) is 80.3 cm³/mol. The Kier molecular flexibility index (Phi) is 6.28. The molecule has 0 spiro atoms. The molecule has 0 radical (unpaired) electrons. The number of urea groups is 1. The summed E-state index contributed by atoms with van der Waals surface area (Å²) >= 11 is 0. The Morgan fingerprint density at radius 1 is 1.22 bits per heavy atom. The standard InChI is InChI=1S/C15H14F6N4O2/c1-2-25(14(26)22-11(18)10(16)17)7-8-3-5-9(6-4-8)12-23-13(27-24-12)15(19,20)21/h3-6,10-11H,2,7H2,1H3,(H,22,26). The van der Waals surface area contributed by atoms with Crippen molar-refractivity contribution in [2.75, 3.05) is 6.54 Å². The van der Waals surface area contributed by atoms with E-state index in [2.05, 4.69) is 14.7 Å². The number of rotatable bonds is 6. The van der Waals surface area contributed by atoms with Crippen LogP contribution in [-0.2, 0) is 12.7 Å². The Labute approximate surface area is 149 Å². The molecule has 1 aromatic carbocycles. The second-order valence-electron chi connectivity index (χ2n) is 5.32. The molecule has 1 heterocycles. The highest BCUT2D eigenvalue weighted by Gasteiger charge is 2.38. The van der Waals surface area contributed by atoms with E-state index in [-0.39, 0.29) is 24.5 Å². The predicted octanol–water partition coefficient (Wildman–Crippen LogP) is 3.85. The second kappa shape index (κ2) is 8.27. The van der Waals surface area contributed by atoms with Gasteiger partial charge in [-0.3, -0.25) is 0 Å². The van der Waals surface area contributed by atoms with Crippen LogP contribution in [0.4, 0.5) is 31.1 Å². The van der Waals surface area contributed by atoms with E-state index < -0.39 is 30.8 Å². The lowest BCUT2D eigenvalue weighted by molar-refractivity contribution is -0.159. The maximum Gasteiger partial charge on any atom is 0.471 e. The van der Waals surface area contributed by atoms with E-state index in [0.717, 1.165) is 4.90 Å². The minimum atomic E-state index is -4.76. The summed E-state index contributed by atoms with van der Waals surface area (Å²) in [7, 11) is 0. The van der Waals surface area contributed by atoms with Gasteiger partial charge in [-0.15, -0.1) is 0 Å². The van der Waals surface area contributed by atoms with Crippen molar-refractivity contribution in [3.63, 3.8) is 0 Å². The van der Waals surface area contributed by atoms with Crippen LogP contribution < -0.4 is 5.32 Å². The highest BCUT2D eigenvalue weighted by Crippen LogP contribution is 2.29. The van der Waals surface area contributed by atoms with Crippen molar-refractivity contribution in [1.29, 1.82) is 0 Å². The van der Waals surface area contributed by atoms with Crippen LogP contribution in [0.1, 0.15) is 18.4 Å². The molecule has 0 aliphatic carbocycles. The van der Waals surface area contributed by atoms with E-state index in [4.69, 9.17) is 0 Å². The van der Waals surface area contributed by atoms with E-state index in [1.807, 2.05) is 0 Å². The van der Waals surface area contributed by atoms with Crippen molar-refractivity contribution in [2.24, 2.45) is 0 Å². The monoisotopic (exact) mass is 396 g/mol. The quantitative estimate of drug-likeness (QED) is 0.595. The number of carbonyl (C=O) groups is 1. The molecule has 0 fully saturated rings. The van der Waals surface area contributed by atoms with Crippen LogP contribution in [0.15, 0.2) is 28.8 Å². The molecule has 0 saturated carbocycles. The average Bonchev–Trinajstić information content (AvgIpc) is 3.10. The number of hydrogen-bond donors (Lipinski definition) is 1. The van der Waals surface area contributed by atoms with E-state index in [1.54, 1.807) is 6.92 Å². The van der Waals surface area contributed by atoms with Gasteiger partial charge in [-0.1, -0.05) is 29.4 Å². The number of nitrogens with zero attached hydrogens (tertiary/aromatic N) is 3. The molecule has 1 unspecified atom stereocenters. The zero-order valence-electron chi connectivity index (χ0n) is 13.8. The first-order chi connectivity index (χ1) is 12.6. The lowest BCUT2D eigenvalue weighted by Gasteiger charge is -2.22.